The molecule has 0 saturated carbocycles. The molecule has 1 aliphatic heterocycles. The van der Waals surface area contributed by atoms with Crippen LogP contribution >= 0.6 is 12.2 Å². The topological polar surface area (TPSA) is 56.9 Å². The Labute approximate surface area is 138 Å². The van der Waals surface area contributed by atoms with Crippen LogP contribution in [0.5, 0.6) is 0 Å². The van der Waals surface area contributed by atoms with Gasteiger partial charge in [0.1, 0.15) is 11.0 Å². The van der Waals surface area contributed by atoms with Gasteiger partial charge in [-0.25, -0.2) is 0 Å². The molecule has 0 radical (unpaired) electrons. The SMILES string of the molecule is O=C1Nc2ccccc2C(=S)N[C@@H]1Cc1c[nH]c2ccccc12. The summed E-state index contributed by atoms with van der Waals surface area (Å²) in [6.07, 6.45) is 2.53. The summed E-state index contributed by atoms with van der Waals surface area (Å²) < 4.78 is 0. The van der Waals surface area contributed by atoms with Gasteiger partial charge in [-0.3, -0.25) is 4.79 Å². The predicted octanol–water partition coefficient (Wildman–Crippen LogP) is 3.00. The maximum atomic E-state index is 12.5. The monoisotopic (exact) mass is 321 g/mol. The molecule has 1 atom stereocenters. The van der Waals surface area contributed by atoms with Gasteiger partial charge in [0.05, 0.1) is 5.69 Å². The van der Waals surface area contributed by atoms with Crippen LogP contribution in [0.25, 0.3) is 10.9 Å². The summed E-state index contributed by atoms with van der Waals surface area (Å²) in [4.78, 5) is 16.4. The first kappa shape index (κ1) is 14.0. The van der Waals surface area contributed by atoms with E-state index in [2.05, 4.69) is 21.7 Å². The molecule has 114 valence electrons. The minimum Gasteiger partial charge on any atom is -0.364 e. The highest BCUT2D eigenvalue weighted by Gasteiger charge is 2.26. The van der Waals surface area contributed by atoms with Gasteiger partial charge in [-0.15, -0.1) is 0 Å². The lowest BCUT2D eigenvalue weighted by Gasteiger charge is -2.15. The zero-order valence-electron chi connectivity index (χ0n) is 12.3. The van der Waals surface area contributed by atoms with Crippen molar-refractivity contribution in [2.45, 2.75) is 12.5 Å². The third-order valence-corrected chi connectivity index (χ3v) is 4.49. The number of para-hydroxylation sites is 2. The molecule has 1 amide bonds. The normalized spacial score (nSPS) is 17.3. The van der Waals surface area contributed by atoms with Gasteiger partial charge in [0, 0.05) is 29.1 Å². The highest BCUT2D eigenvalue weighted by atomic mass is 32.1. The van der Waals surface area contributed by atoms with E-state index in [9.17, 15) is 4.79 Å². The van der Waals surface area contributed by atoms with Crippen LogP contribution in [0.1, 0.15) is 11.1 Å². The molecular weight excluding hydrogens is 306 g/mol. The van der Waals surface area contributed by atoms with Crippen LogP contribution in [-0.2, 0) is 11.2 Å². The Morgan fingerprint density at radius 2 is 1.83 bits per heavy atom. The van der Waals surface area contributed by atoms with E-state index in [0.717, 1.165) is 27.7 Å². The van der Waals surface area contributed by atoms with Crippen molar-refractivity contribution in [3.05, 3.63) is 65.9 Å². The molecule has 3 N–H and O–H groups in total. The van der Waals surface area contributed by atoms with Gasteiger partial charge >= 0.3 is 0 Å². The first-order valence-electron chi connectivity index (χ1n) is 7.48. The number of aromatic nitrogens is 1. The Hall–Kier alpha value is -2.66. The van der Waals surface area contributed by atoms with Gasteiger partial charge in [-0.1, -0.05) is 42.5 Å². The van der Waals surface area contributed by atoms with Gasteiger partial charge in [0.25, 0.3) is 0 Å². The predicted molar refractivity (Wildman–Crippen MR) is 95.7 cm³/mol. The van der Waals surface area contributed by atoms with Crippen molar-refractivity contribution in [1.82, 2.24) is 10.3 Å². The van der Waals surface area contributed by atoms with Crippen LogP contribution < -0.4 is 10.6 Å². The fraction of sp³-hybridized carbons (Fsp3) is 0.111. The molecule has 0 bridgehead atoms. The van der Waals surface area contributed by atoms with Crippen LogP contribution in [-0.4, -0.2) is 21.9 Å². The second kappa shape index (κ2) is 5.52. The second-order valence-corrected chi connectivity index (χ2v) is 6.03. The summed E-state index contributed by atoms with van der Waals surface area (Å²) in [5.41, 5.74) is 3.79. The smallest absolute Gasteiger partial charge is 0.247 e. The largest absolute Gasteiger partial charge is 0.364 e. The molecule has 1 aromatic heterocycles. The molecular formula is C18H15N3OS. The van der Waals surface area contributed by atoms with Gasteiger partial charge in [-0.05, 0) is 23.8 Å². The van der Waals surface area contributed by atoms with Gasteiger partial charge in [0.2, 0.25) is 5.91 Å². The summed E-state index contributed by atoms with van der Waals surface area (Å²) in [6, 6.07) is 15.3. The minimum absolute atomic E-state index is 0.0671. The van der Waals surface area contributed by atoms with Crippen LogP contribution in [0.3, 0.4) is 0 Å². The number of fused-ring (bicyclic) bond motifs is 2. The molecule has 1 aliphatic rings. The summed E-state index contributed by atoms with van der Waals surface area (Å²) >= 11 is 5.46. The maximum absolute atomic E-state index is 12.5. The van der Waals surface area contributed by atoms with Crippen molar-refractivity contribution in [2.75, 3.05) is 5.32 Å². The average Bonchev–Trinajstić information content (AvgIpc) is 2.92. The Morgan fingerprint density at radius 1 is 1.04 bits per heavy atom. The number of H-pyrrole nitrogens is 1. The van der Waals surface area contributed by atoms with Crippen LogP contribution in [0, 0.1) is 0 Å². The summed E-state index contributed by atoms with van der Waals surface area (Å²) in [5.74, 6) is -0.0671. The van der Waals surface area contributed by atoms with E-state index in [1.165, 1.54) is 0 Å². The van der Waals surface area contributed by atoms with E-state index in [4.69, 9.17) is 12.2 Å². The molecule has 5 heteroatoms. The van der Waals surface area contributed by atoms with Crippen molar-refractivity contribution in [2.24, 2.45) is 0 Å². The number of anilines is 1. The molecule has 2 aromatic carbocycles. The lowest BCUT2D eigenvalue weighted by molar-refractivity contribution is -0.117. The molecule has 3 aromatic rings. The van der Waals surface area contributed by atoms with Crippen molar-refractivity contribution in [1.29, 1.82) is 0 Å². The standard InChI is InChI=1S/C18H15N3OS/c22-17-16(9-11-10-19-14-7-3-1-5-12(11)14)21-18(23)13-6-2-4-8-15(13)20-17/h1-8,10,16,19H,9H2,(H,20,22)(H,21,23)/t16-/m1/s1. The van der Waals surface area contributed by atoms with Crippen LogP contribution in [0.2, 0.25) is 0 Å². The fourth-order valence-electron chi connectivity index (χ4n) is 2.98. The molecule has 0 unspecified atom stereocenters. The zero-order chi connectivity index (χ0) is 15.8. The number of amides is 1. The number of thiocarbonyl (C=S) groups is 1. The summed E-state index contributed by atoms with van der Waals surface area (Å²) in [5, 5.41) is 7.29. The Morgan fingerprint density at radius 3 is 2.74 bits per heavy atom. The Kier molecular flexibility index (Phi) is 3.35. The number of carbonyl (C=O) groups is 1. The molecule has 4 nitrogen and oxygen atoms in total. The van der Waals surface area contributed by atoms with E-state index >= 15 is 0 Å². The molecule has 0 saturated heterocycles. The van der Waals surface area contributed by atoms with Gasteiger partial charge in [0.15, 0.2) is 0 Å². The van der Waals surface area contributed by atoms with Crippen LogP contribution in [0.4, 0.5) is 5.69 Å². The van der Waals surface area contributed by atoms with Gasteiger partial charge in [-0.2, -0.15) is 0 Å². The van der Waals surface area contributed by atoms with Crippen molar-refractivity contribution >= 4 is 39.7 Å². The first-order valence-corrected chi connectivity index (χ1v) is 7.89. The first-order chi connectivity index (χ1) is 11.2. The summed E-state index contributed by atoms with van der Waals surface area (Å²) in [6.45, 7) is 0. The highest BCUT2D eigenvalue weighted by molar-refractivity contribution is 7.80. The number of aromatic amines is 1. The van der Waals surface area contributed by atoms with Crippen LogP contribution in [0.15, 0.2) is 54.7 Å². The van der Waals surface area contributed by atoms with E-state index < -0.39 is 6.04 Å². The molecule has 4 rings (SSSR count). The number of nitrogens with one attached hydrogen (secondary N) is 3. The Balaban J connectivity index is 1.65. The van der Waals surface area contributed by atoms with Gasteiger partial charge < -0.3 is 15.6 Å². The number of benzene rings is 2. The lowest BCUT2D eigenvalue weighted by atomic mass is 10.0. The zero-order valence-corrected chi connectivity index (χ0v) is 13.1. The second-order valence-electron chi connectivity index (χ2n) is 5.62. The lowest BCUT2D eigenvalue weighted by Crippen LogP contribution is -2.42. The van der Waals surface area contributed by atoms with E-state index in [1.807, 2.05) is 48.7 Å². The maximum Gasteiger partial charge on any atom is 0.247 e. The quantitative estimate of drug-likeness (QED) is 0.636. The number of carbonyl (C=O) groups excluding carboxylic acids is 1. The highest BCUT2D eigenvalue weighted by Crippen LogP contribution is 2.22. The van der Waals surface area contributed by atoms with Crippen molar-refractivity contribution in [3.8, 4) is 0 Å². The molecule has 2 heterocycles. The van der Waals surface area contributed by atoms with Crippen molar-refractivity contribution < 1.29 is 4.79 Å². The van der Waals surface area contributed by atoms with Crippen molar-refractivity contribution in [3.63, 3.8) is 0 Å². The number of hydrogen-bond acceptors (Lipinski definition) is 2. The fourth-order valence-corrected chi connectivity index (χ4v) is 3.30. The summed E-state index contributed by atoms with van der Waals surface area (Å²) in [7, 11) is 0. The molecule has 0 fully saturated rings. The molecule has 23 heavy (non-hydrogen) atoms. The van der Waals surface area contributed by atoms with E-state index in [1.54, 1.807) is 0 Å². The Bertz CT molecular complexity index is 915. The third kappa shape index (κ3) is 2.49. The number of hydrogen-bond donors (Lipinski definition) is 3. The average molecular weight is 321 g/mol. The molecule has 0 spiro atoms. The number of rotatable bonds is 2. The minimum atomic E-state index is -0.394. The van der Waals surface area contributed by atoms with E-state index in [-0.39, 0.29) is 5.91 Å². The van der Waals surface area contributed by atoms with E-state index in [0.29, 0.717) is 11.4 Å². The molecule has 0 aliphatic carbocycles. The third-order valence-electron chi connectivity index (χ3n) is 4.15.